The van der Waals surface area contributed by atoms with E-state index in [2.05, 4.69) is 0 Å². The number of rotatable bonds is 8. The molecule has 0 N–H and O–H groups in total. The molecule has 0 bridgehead atoms. The third-order valence-electron chi connectivity index (χ3n) is 3.77. The van der Waals surface area contributed by atoms with E-state index < -0.39 is 21.7 Å². The molecule has 0 saturated carbocycles. The summed E-state index contributed by atoms with van der Waals surface area (Å²) in [6.45, 7) is 3.97. The number of sulfonamides is 1. The minimum atomic E-state index is -3.67. The molecule has 1 heterocycles. The van der Waals surface area contributed by atoms with Gasteiger partial charge in [0.15, 0.2) is 5.58 Å². The second-order valence-corrected chi connectivity index (χ2v) is 7.61. The number of oxazole rings is 1. The molecule has 138 valence electrons. The van der Waals surface area contributed by atoms with Gasteiger partial charge in [0.25, 0.3) is 0 Å². The average Bonchev–Trinajstić information content (AvgIpc) is 2.87. The van der Waals surface area contributed by atoms with E-state index in [1.54, 1.807) is 6.92 Å². The van der Waals surface area contributed by atoms with Crippen molar-refractivity contribution in [3.8, 4) is 0 Å². The lowest BCUT2D eigenvalue weighted by Gasteiger charge is -2.16. The number of benzene rings is 1. The van der Waals surface area contributed by atoms with Crippen LogP contribution in [0.15, 0.2) is 32.3 Å². The summed E-state index contributed by atoms with van der Waals surface area (Å²) < 4.78 is 37.4. The Morgan fingerprint density at radius 2 is 2.04 bits per heavy atom. The highest BCUT2D eigenvalue weighted by Crippen LogP contribution is 2.21. The summed E-state index contributed by atoms with van der Waals surface area (Å²) in [4.78, 5) is 23.6. The Kier molecular flexibility index (Phi) is 6.02. The third kappa shape index (κ3) is 4.10. The highest BCUT2D eigenvalue weighted by atomic mass is 32.2. The number of ether oxygens (including phenoxy) is 1. The second kappa shape index (κ2) is 7.83. The fourth-order valence-electron chi connectivity index (χ4n) is 2.37. The van der Waals surface area contributed by atoms with E-state index in [4.69, 9.17) is 9.15 Å². The van der Waals surface area contributed by atoms with E-state index in [1.807, 2.05) is 6.92 Å². The van der Waals surface area contributed by atoms with Crippen molar-refractivity contribution in [2.75, 3.05) is 20.2 Å². The first-order valence-corrected chi connectivity index (χ1v) is 9.50. The fraction of sp³-hybridized carbons (Fsp3) is 0.500. The Hall–Kier alpha value is -2.13. The SMILES string of the molecule is CCCCN(C)S(=O)(=O)c1ccc2c(c1)oc(=O)n2CC(=O)OCC. The van der Waals surface area contributed by atoms with Gasteiger partial charge in [-0.25, -0.2) is 17.5 Å². The highest BCUT2D eigenvalue weighted by molar-refractivity contribution is 7.89. The van der Waals surface area contributed by atoms with Gasteiger partial charge in [0, 0.05) is 19.7 Å². The first kappa shape index (κ1) is 19.2. The van der Waals surface area contributed by atoms with Crippen LogP contribution in [0.1, 0.15) is 26.7 Å². The van der Waals surface area contributed by atoms with Gasteiger partial charge in [0.2, 0.25) is 10.0 Å². The number of carbonyl (C=O) groups is 1. The van der Waals surface area contributed by atoms with Crippen LogP contribution in [0.4, 0.5) is 0 Å². The van der Waals surface area contributed by atoms with E-state index in [0.717, 1.165) is 17.4 Å². The maximum Gasteiger partial charge on any atom is 0.420 e. The van der Waals surface area contributed by atoms with E-state index in [1.165, 1.54) is 29.6 Å². The van der Waals surface area contributed by atoms with E-state index in [9.17, 15) is 18.0 Å². The van der Waals surface area contributed by atoms with Gasteiger partial charge in [-0.2, -0.15) is 0 Å². The zero-order valence-electron chi connectivity index (χ0n) is 14.5. The van der Waals surface area contributed by atoms with Gasteiger partial charge in [0.1, 0.15) is 6.54 Å². The van der Waals surface area contributed by atoms with Crippen molar-refractivity contribution in [3.05, 3.63) is 28.7 Å². The minimum absolute atomic E-state index is 0.0376. The zero-order chi connectivity index (χ0) is 18.6. The number of nitrogens with zero attached hydrogens (tertiary/aromatic N) is 2. The van der Waals surface area contributed by atoms with E-state index in [0.29, 0.717) is 12.1 Å². The number of hydrogen-bond donors (Lipinski definition) is 0. The highest BCUT2D eigenvalue weighted by Gasteiger charge is 2.22. The fourth-order valence-corrected chi connectivity index (χ4v) is 3.60. The topological polar surface area (TPSA) is 98.8 Å². The third-order valence-corrected chi connectivity index (χ3v) is 5.62. The largest absolute Gasteiger partial charge is 0.465 e. The normalized spacial score (nSPS) is 12.0. The van der Waals surface area contributed by atoms with Gasteiger partial charge < -0.3 is 9.15 Å². The predicted molar refractivity (Wildman–Crippen MR) is 91.8 cm³/mol. The van der Waals surface area contributed by atoms with Gasteiger partial charge in [0.05, 0.1) is 17.0 Å². The lowest BCUT2D eigenvalue weighted by atomic mass is 10.3. The zero-order valence-corrected chi connectivity index (χ0v) is 15.3. The van der Waals surface area contributed by atoms with Crippen LogP contribution < -0.4 is 5.76 Å². The van der Waals surface area contributed by atoms with Crippen LogP contribution in [-0.2, 0) is 26.1 Å². The standard InChI is InChI=1S/C16H22N2O6S/c1-4-6-9-17(3)25(21,22)12-7-8-13-14(10-12)24-16(20)18(13)11-15(19)23-5-2/h7-8,10H,4-6,9,11H2,1-3H3. The molecular weight excluding hydrogens is 348 g/mol. The van der Waals surface area contributed by atoms with Gasteiger partial charge in [-0.05, 0) is 25.5 Å². The Labute approximate surface area is 146 Å². The monoisotopic (exact) mass is 370 g/mol. The summed E-state index contributed by atoms with van der Waals surface area (Å²) in [5.74, 6) is -1.31. The predicted octanol–water partition coefficient (Wildman–Crippen LogP) is 1.58. The molecule has 1 aromatic carbocycles. The van der Waals surface area contributed by atoms with Crippen molar-refractivity contribution < 1.29 is 22.4 Å². The van der Waals surface area contributed by atoms with Crippen molar-refractivity contribution in [2.24, 2.45) is 0 Å². The molecule has 0 saturated heterocycles. The summed E-state index contributed by atoms with van der Waals surface area (Å²) in [5.41, 5.74) is 0.451. The Balaban J connectivity index is 2.38. The number of aromatic nitrogens is 1. The van der Waals surface area contributed by atoms with Crippen LogP contribution in [0, 0.1) is 0 Å². The molecule has 0 aliphatic heterocycles. The Morgan fingerprint density at radius 1 is 1.32 bits per heavy atom. The minimum Gasteiger partial charge on any atom is -0.465 e. The molecule has 8 nitrogen and oxygen atoms in total. The summed E-state index contributed by atoms with van der Waals surface area (Å²) in [6, 6.07) is 4.16. The molecule has 0 radical (unpaired) electrons. The number of fused-ring (bicyclic) bond motifs is 1. The number of unbranched alkanes of at least 4 members (excludes halogenated alkanes) is 1. The van der Waals surface area contributed by atoms with Crippen molar-refractivity contribution in [2.45, 2.75) is 38.1 Å². The van der Waals surface area contributed by atoms with Crippen LogP contribution in [0.3, 0.4) is 0 Å². The molecule has 1 aromatic heterocycles. The summed E-state index contributed by atoms with van der Waals surface area (Å²) in [6.07, 6.45) is 1.63. The van der Waals surface area contributed by atoms with Crippen LogP contribution in [0.25, 0.3) is 11.1 Å². The molecule has 0 fully saturated rings. The lowest BCUT2D eigenvalue weighted by Crippen LogP contribution is -2.27. The maximum atomic E-state index is 12.6. The van der Waals surface area contributed by atoms with Gasteiger partial charge >= 0.3 is 11.7 Å². The molecule has 0 spiro atoms. The summed E-state index contributed by atoms with van der Waals surface area (Å²) >= 11 is 0. The van der Waals surface area contributed by atoms with Crippen molar-refractivity contribution in [3.63, 3.8) is 0 Å². The molecule has 9 heteroatoms. The number of hydrogen-bond acceptors (Lipinski definition) is 6. The number of carbonyl (C=O) groups excluding carboxylic acids is 1. The molecule has 0 atom stereocenters. The quantitative estimate of drug-likeness (QED) is 0.654. The van der Waals surface area contributed by atoms with Gasteiger partial charge in [-0.15, -0.1) is 0 Å². The molecule has 2 aromatic rings. The Bertz CT molecular complexity index is 912. The Morgan fingerprint density at radius 3 is 2.68 bits per heavy atom. The summed E-state index contributed by atoms with van der Waals surface area (Å²) in [7, 11) is -2.16. The maximum absolute atomic E-state index is 12.6. The van der Waals surface area contributed by atoms with Crippen LogP contribution in [0.2, 0.25) is 0 Å². The van der Waals surface area contributed by atoms with Crippen LogP contribution in [0.5, 0.6) is 0 Å². The molecule has 2 rings (SSSR count). The van der Waals surface area contributed by atoms with Crippen molar-refractivity contribution in [1.29, 1.82) is 0 Å². The summed E-state index contributed by atoms with van der Waals surface area (Å²) in [5, 5.41) is 0. The molecule has 25 heavy (non-hydrogen) atoms. The first-order valence-electron chi connectivity index (χ1n) is 8.06. The van der Waals surface area contributed by atoms with Crippen molar-refractivity contribution >= 4 is 27.1 Å². The average molecular weight is 370 g/mol. The molecular formula is C16H22N2O6S. The van der Waals surface area contributed by atoms with E-state index in [-0.39, 0.29) is 23.6 Å². The smallest absolute Gasteiger partial charge is 0.420 e. The van der Waals surface area contributed by atoms with Gasteiger partial charge in [-0.1, -0.05) is 13.3 Å². The second-order valence-electron chi connectivity index (χ2n) is 5.57. The molecule has 0 aliphatic carbocycles. The van der Waals surface area contributed by atoms with Gasteiger partial charge in [-0.3, -0.25) is 9.36 Å². The molecule has 0 amide bonds. The van der Waals surface area contributed by atoms with Crippen LogP contribution in [-0.4, -0.2) is 43.5 Å². The molecule has 0 unspecified atom stereocenters. The molecule has 0 aliphatic rings. The van der Waals surface area contributed by atoms with Crippen molar-refractivity contribution in [1.82, 2.24) is 8.87 Å². The van der Waals surface area contributed by atoms with E-state index >= 15 is 0 Å². The lowest BCUT2D eigenvalue weighted by molar-refractivity contribution is -0.143. The first-order chi connectivity index (χ1) is 11.8. The number of esters is 1. The van der Waals surface area contributed by atoms with Crippen LogP contribution >= 0.6 is 0 Å².